The topological polar surface area (TPSA) is 95.6 Å². The molecule has 0 unspecified atom stereocenters. The quantitative estimate of drug-likeness (QED) is 0.382. The number of benzene rings is 2. The fraction of sp³-hybridized carbons (Fsp3) is 0.0526. The van der Waals surface area contributed by atoms with Crippen molar-refractivity contribution in [2.24, 2.45) is 0 Å². The van der Waals surface area contributed by atoms with Gasteiger partial charge in [0.25, 0.3) is 15.9 Å². The Hall–Kier alpha value is -2.43. The molecule has 7 nitrogen and oxygen atoms in total. The molecule has 1 heterocycles. The molecule has 0 saturated heterocycles. The van der Waals surface area contributed by atoms with Crippen LogP contribution in [0, 0.1) is 6.92 Å². The Labute approximate surface area is 187 Å². The Balaban J connectivity index is 1.79. The second kappa shape index (κ2) is 9.15. The molecule has 2 amide bonds. The summed E-state index contributed by atoms with van der Waals surface area (Å²) in [5.74, 6) is -0.351. The Morgan fingerprint density at radius 1 is 1.10 bits per heavy atom. The smallest absolute Gasteiger partial charge is 0.267 e. The van der Waals surface area contributed by atoms with Gasteiger partial charge < -0.3 is 5.32 Å². The molecule has 0 aliphatic carbocycles. The van der Waals surface area contributed by atoms with Crippen molar-refractivity contribution in [2.45, 2.75) is 11.1 Å². The number of nitrogens with zero attached hydrogens (tertiary/aromatic N) is 1. The summed E-state index contributed by atoms with van der Waals surface area (Å²) in [6.45, 7) is 1.72. The highest BCUT2D eigenvalue weighted by molar-refractivity contribution is 7.91. The van der Waals surface area contributed by atoms with E-state index in [1.54, 1.807) is 43.3 Å². The van der Waals surface area contributed by atoms with Crippen LogP contribution in [0.3, 0.4) is 0 Å². The zero-order chi connectivity index (χ0) is 21.9. The molecule has 3 aromatic rings. The molecular formula is C19H15Cl2N3O4S2. The predicted molar refractivity (Wildman–Crippen MR) is 119 cm³/mol. The number of rotatable bonds is 7. The molecule has 0 bridgehead atoms. The highest BCUT2D eigenvalue weighted by Crippen LogP contribution is 2.27. The van der Waals surface area contributed by atoms with Crippen molar-refractivity contribution in [3.63, 3.8) is 0 Å². The van der Waals surface area contributed by atoms with Crippen molar-refractivity contribution in [1.29, 1.82) is 0 Å². The van der Waals surface area contributed by atoms with E-state index >= 15 is 0 Å². The van der Waals surface area contributed by atoms with Crippen LogP contribution in [0.4, 0.5) is 11.4 Å². The average molecular weight is 484 g/mol. The molecule has 0 saturated carbocycles. The predicted octanol–water partition coefficient (Wildman–Crippen LogP) is 4.47. The van der Waals surface area contributed by atoms with Gasteiger partial charge in [-0.3, -0.25) is 9.59 Å². The first-order valence-corrected chi connectivity index (χ1v) is 11.4. The van der Waals surface area contributed by atoms with Gasteiger partial charge in [0.2, 0.25) is 6.41 Å². The number of hydrogen-bond acceptors (Lipinski definition) is 5. The number of carbonyl (C=O) groups excluding carboxylic acids is 2. The van der Waals surface area contributed by atoms with E-state index in [4.69, 9.17) is 23.2 Å². The molecule has 156 valence electrons. The van der Waals surface area contributed by atoms with Crippen LogP contribution < -0.4 is 15.2 Å². The maximum atomic E-state index is 12.4. The molecule has 0 atom stereocenters. The number of amides is 2. The van der Waals surface area contributed by atoms with Gasteiger partial charge in [-0.05, 0) is 61.0 Å². The van der Waals surface area contributed by atoms with E-state index in [0.717, 1.165) is 16.3 Å². The molecule has 11 heteroatoms. The van der Waals surface area contributed by atoms with E-state index in [-0.39, 0.29) is 15.8 Å². The number of thiophene rings is 1. The number of halogens is 2. The number of sulfonamides is 1. The number of carbonyl (C=O) groups is 2. The van der Waals surface area contributed by atoms with E-state index in [0.29, 0.717) is 32.6 Å². The first-order chi connectivity index (χ1) is 14.2. The minimum Gasteiger partial charge on any atom is -0.322 e. The van der Waals surface area contributed by atoms with Gasteiger partial charge in [0.05, 0.1) is 10.0 Å². The Bertz CT molecular complexity index is 1210. The largest absolute Gasteiger partial charge is 0.322 e. The summed E-state index contributed by atoms with van der Waals surface area (Å²) in [5.41, 5.74) is 1.79. The van der Waals surface area contributed by atoms with Crippen LogP contribution in [-0.2, 0) is 14.8 Å². The van der Waals surface area contributed by atoms with Gasteiger partial charge in [-0.2, -0.15) is 0 Å². The Morgan fingerprint density at radius 3 is 2.47 bits per heavy atom. The second-order valence-corrected chi connectivity index (χ2v) is 10.1. The summed E-state index contributed by atoms with van der Waals surface area (Å²) in [7, 11) is -3.98. The first-order valence-electron chi connectivity index (χ1n) is 8.39. The molecule has 0 spiro atoms. The van der Waals surface area contributed by atoms with Crippen LogP contribution in [0.15, 0.2) is 58.8 Å². The van der Waals surface area contributed by atoms with Crippen molar-refractivity contribution in [3.05, 3.63) is 75.1 Å². The van der Waals surface area contributed by atoms with Crippen molar-refractivity contribution in [2.75, 3.05) is 10.3 Å². The van der Waals surface area contributed by atoms with Crippen LogP contribution in [-0.4, -0.2) is 20.7 Å². The molecule has 30 heavy (non-hydrogen) atoms. The van der Waals surface area contributed by atoms with E-state index in [1.807, 2.05) is 0 Å². The van der Waals surface area contributed by atoms with Crippen molar-refractivity contribution in [1.82, 2.24) is 4.83 Å². The van der Waals surface area contributed by atoms with Crippen molar-refractivity contribution in [3.8, 4) is 0 Å². The van der Waals surface area contributed by atoms with Gasteiger partial charge in [-0.25, -0.2) is 13.4 Å². The molecule has 0 radical (unpaired) electrons. The zero-order valence-electron chi connectivity index (χ0n) is 15.4. The lowest BCUT2D eigenvalue weighted by atomic mass is 10.1. The Kier molecular flexibility index (Phi) is 6.79. The lowest BCUT2D eigenvalue weighted by molar-refractivity contribution is -0.107. The van der Waals surface area contributed by atoms with E-state index in [9.17, 15) is 18.0 Å². The lowest BCUT2D eigenvalue weighted by Crippen LogP contribution is -2.41. The SMILES string of the molecule is Cc1cc(N(C=O)NS(=O)(=O)c2ccc(Cl)s2)ccc1NC(=O)c1cccc(Cl)c1. The normalized spacial score (nSPS) is 11.2. The number of hydrazine groups is 1. The number of nitrogens with one attached hydrogen (secondary N) is 2. The van der Waals surface area contributed by atoms with Gasteiger partial charge in [0.15, 0.2) is 0 Å². The third-order valence-corrected chi connectivity index (χ3v) is 7.23. The summed E-state index contributed by atoms with van der Waals surface area (Å²) in [5, 5.41) is 4.03. The lowest BCUT2D eigenvalue weighted by Gasteiger charge is -2.19. The maximum Gasteiger partial charge on any atom is 0.267 e. The fourth-order valence-corrected chi connectivity index (χ4v) is 5.18. The summed E-state index contributed by atoms with van der Waals surface area (Å²) in [6.07, 6.45) is 0.339. The minimum atomic E-state index is -3.98. The molecular weight excluding hydrogens is 469 g/mol. The van der Waals surface area contributed by atoms with Gasteiger partial charge >= 0.3 is 0 Å². The fourth-order valence-electron chi connectivity index (χ4n) is 2.51. The minimum absolute atomic E-state index is 0.0264. The number of hydrogen-bond donors (Lipinski definition) is 2. The summed E-state index contributed by atoms with van der Waals surface area (Å²) >= 11 is 12.6. The summed E-state index contributed by atoms with van der Waals surface area (Å²) in [4.78, 5) is 26.1. The van der Waals surface area contributed by atoms with Gasteiger partial charge in [0, 0.05) is 16.3 Å². The third kappa shape index (κ3) is 5.18. The molecule has 1 aromatic heterocycles. The van der Waals surface area contributed by atoms with Crippen molar-refractivity contribution >= 4 is 68.3 Å². The highest BCUT2D eigenvalue weighted by atomic mass is 35.5. The van der Waals surface area contributed by atoms with Gasteiger partial charge in [-0.1, -0.05) is 29.3 Å². The van der Waals surface area contributed by atoms with Crippen molar-refractivity contribution < 1.29 is 18.0 Å². The maximum absolute atomic E-state index is 12.4. The number of aryl methyl sites for hydroxylation is 1. The Morgan fingerprint density at radius 2 is 1.87 bits per heavy atom. The highest BCUT2D eigenvalue weighted by Gasteiger charge is 2.21. The average Bonchev–Trinajstić information content (AvgIpc) is 3.15. The van der Waals surface area contributed by atoms with Crippen LogP contribution in [0.2, 0.25) is 9.36 Å². The molecule has 0 aliphatic heterocycles. The zero-order valence-corrected chi connectivity index (χ0v) is 18.6. The third-order valence-electron chi connectivity index (χ3n) is 3.96. The summed E-state index contributed by atoms with van der Waals surface area (Å²) in [6, 6.07) is 13.9. The number of anilines is 2. The summed E-state index contributed by atoms with van der Waals surface area (Å²) < 4.78 is 25.2. The monoisotopic (exact) mass is 483 g/mol. The van der Waals surface area contributed by atoms with E-state index < -0.39 is 10.0 Å². The first kappa shape index (κ1) is 22.3. The van der Waals surface area contributed by atoms with Crippen LogP contribution in [0.5, 0.6) is 0 Å². The standard InChI is InChI=1S/C19H15Cl2N3O4S2/c1-12-9-15(24(11-25)23-30(27,28)18-8-7-17(21)29-18)5-6-16(12)22-19(26)13-3-2-4-14(20)10-13/h2-11,23H,1H3,(H,22,26). The van der Waals surface area contributed by atoms with E-state index in [2.05, 4.69) is 10.1 Å². The van der Waals surface area contributed by atoms with Gasteiger partial charge in [-0.15, -0.1) is 16.2 Å². The molecule has 0 fully saturated rings. The molecule has 2 N–H and O–H groups in total. The van der Waals surface area contributed by atoms with Crippen LogP contribution in [0.25, 0.3) is 0 Å². The van der Waals surface area contributed by atoms with Crippen LogP contribution >= 0.6 is 34.5 Å². The molecule has 3 rings (SSSR count). The van der Waals surface area contributed by atoms with Gasteiger partial charge in [0.1, 0.15) is 4.21 Å². The van der Waals surface area contributed by atoms with Crippen LogP contribution in [0.1, 0.15) is 15.9 Å². The molecule has 0 aliphatic rings. The van der Waals surface area contributed by atoms with E-state index in [1.165, 1.54) is 18.2 Å². The second-order valence-electron chi connectivity index (χ2n) is 6.09. The molecule has 2 aromatic carbocycles.